The van der Waals surface area contributed by atoms with E-state index in [2.05, 4.69) is 6.07 Å². The fraction of sp³-hybridized carbons (Fsp3) is 0.273. The average molecular weight is 205 g/mol. The molecule has 0 aliphatic heterocycles. The van der Waals surface area contributed by atoms with Gasteiger partial charge in [0.2, 0.25) is 0 Å². The Morgan fingerprint density at radius 1 is 1.36 bits per heavy atom. The number of nitriles is 2. The summed E-state index contributed by atoms with van der Waals surface area (Å²) in [6, 6.07) is 7.61. The van der Waals surface area contributed by atoms with Crippen molar-refractivity contribution in [3.63, 3.8) is 0 Å². The zero-order chi connectivity index (χ0) is 10.6. The number of rotatable bonds is 2. The van der Waals surface area contributed by atoms with Gasteiger partial charge in [-0.15, -0.1) is 0 Å². The third-order valence-corrected chi connectivity index (χ3v) is 2.35. The van der Waals surface area contributed by atoms with E-state index in [1.165, 1.54) is 0 Å². The molecule has 0 aromatic heterocycles. The highest BCUT2D eigenvalue weighted by atomic mass is 35.5. The molecular formula is C11H9ClN2. The second-order valence-corrected chi connectivity index (χ2v) is 3.31. The molecule has 1 aromatic carbocycles. The van der Waals surface area contributed by atoms with Crippen LogP contribution in [-0.2, 0) is 12.8 Å². The maximum absolute atomic E-state index is 8.88. The maximum Gasteiger partial charge on any atom is 0.0995 e. The van der Waals surface area contributed by atoms with Gasteiger partial charge in [-0.3, -0.25) is 0 Å². The number of halogens is 1. The summed E-state index contributed by atoms with van der Waals surface area (Å²) in [6.45, 7) is 1.95. The highest BCUT2D eigenvalue weighted by molar-refractivity contribution is 6.31. The Hall–Kier alpha value is -1.51. The van der Waals surface area contributed by atoms with Crippen molar-refractivity contribution in [3.8, 4) is 12.1 Å². The summed E-state index contributed by atoms with van der Waals surface area (Å²) in [5.41, 5.74) is 2.23. The van der Waals surface area contributed by atoms with Gasteiger partial charge in [-0.25, -0.2) is 0 Å². The topological polar surface area (TPSA) is 47.6 Å². The Morgan fingerprint density at radius 2 is 2.07 bits per heavy atom. The van der Waals surface area contributed by atoms with Gasteiger partial charge in [-0.1, -0.05) is 18.5 Å². The SMILES string of the molecule is CCc1c(Cl)cc(CC#N)cc1C#N. The summed E-state index contributed by atoms with van der Waals surface area (Å²) < 4.78 is 0. The Morgan fingerprint density at radius 3 is 2.57 bits per heavy atom. The van der Waals surface area contributed by atoms with Crippen LogP contribution in [0.25, 0.3) is 0 Å². The molecule has 0 aliphatic rings. The molecule has 0 amide bonds. The van der Waals surface area contributed by atoms with Gasteiger partial charge in [0.15, 0.2) is 0 Å². The van der Waals surface area contributed by atoms with Gasteiger partial charge in [-0.2, -0.15) is 10.5 Å². The summed E-state index contributed by atoms with van der Waals surface area (Å²) in [5.74, 6) is 0. The summed E-state index contributed by atoms with van der Waals surface area (Å²) in [6.07, 6.45) is 1.02. The molecule has 0 aliphatic carbocycles. The average Bonchev–Trinajstić information content (AvgIpc) is 2.17. The molecule has 1 aromatic rings. The van der Waals surface area contributed by atoms with E-state index in [0.717, 1.165) is 17.5 Å². The van der Waals surface area contributed by atoms with Crippen LogP contribution in [0.3, 0.4) is 0 Å². The van der Waals surface area contributed by atoms with Gasteiger partial charge in [0.05, 0.1) is 24.1 Å². The van der Waals surface area contributed by atoms with Crippen LogP contribution in [0.2, 0.25) is 5.02 Å². The smallest absolute Gasteiger partial charge is 0.0995 e. The third-order valence-electron chi connectivity index (χ3n) is 2.01. The van der Waals surface area contributed by atoms with Crippen LogP contribution in [-0.4, -0.2) is 0 Å². The van der Waals surface area contributed by atoms with Crippen LogP contribution >= 0.6 is 11.6 Å². The van der Waals surface area contributed by atoms with Crippen LogP contribution < -0.4 is 0 Å². The predicted molar refractivity (Wildman–Crippen MR) is 54.9 cm³/mol. The van der Waals surface area contributed by atoms with Gasteiger partial charge in [0, 0.05) is 5.02 Å². The molecule has 0 spiro atoms. The minimum absolute atomic E-state index is 0.290. The van der Waals surface area contributed by atoms with E-state index in [9.17, 15) is 0 Å². The van der Waals surface area contributed by atoms with Crippen molar-refractivity contribution in [1.29, 1.82) is 10.5 Å². The van der Waals surface area contributed by atoms with E-state index in [0.29, 0.717) is 17.0 Å². The molecule has 0 N–H and O–H groups in total. The molecule has 3 heteroatoms. The zero-order valence-corrected chi connectivity index (χ0v) is 8.60. The van der Waals surface area contributed by atoms with Crippen molar-refractivity contribution in [3.05, 3.63) is 33.8 Å². The molecule has 1 rings (SSSR count). The van der Waals surface area contributed by atoms with Crippen molar-refractivity contribution in [1.82, 2.24) is 0 Å². The second kappa shape index (κ2) is 4.65. The Labute approximate surface area is 88.3 Å². The lowest BCUT2D eigenvalue weighted by Gasteiger charge is -2.05. The predicted octanol–water partition coefficient (Wildman–Crippen LogP) is 2.84. The summed E-state index contributed by atoms with van der Waals surface area (Å²) in [5, 5.41) is 18.0. The first-order chi connectivity index (χ1) is 6.72. The van der Waals surface area contributed by atoms with Crippen molar-refractivity contribution < 1.29 is 0 Å². The molecule has 0 saturated carbocycles. The third kappa shape index (κ3) is 2.05. The Balaban J connectivity index is 3.27. The van der Waals surface area contributed by atoms with Gasteiger partial charge in [0.1, 0.15) is 0 Å². The van der Waals surface area contributed by atoms with E-state index in [4.69, 9.17) is 22.1 Å². The van der Waals surface area contributed by atoms with Crippen molar-refractivity contribution in [2.24, 2.45) is 0 Å². The van der Waals surface area contributed by atoms with E-state index in [1.54, 1.807) is 12.1 Å². The second-order valence-electron chi connectivity index (χ2n) is 2.90. The van der Waals surface area contributed by atoms with Crippen LogP contribution in [0, 0.1) is 22.7 Å². The fourth-order valence-corrected chi connectivity index (χ4v) is 1.72. The molecule has 0 heterocycles. The molecule has 0 radical (unpaired) electrons. The Bertz CT molecular complexity index is 424. The number of benzene rings is 1. The lowest BCUT2D eigenvalue weighted by molar-refractivity contribution is 1.11. The maximum atomic E-state index is 8.88. The molecule has 0 bridgehead atoms. The van der Waals surface area contributed by atoms with Crippen molar-refractivity contribution in [2.45, 2.75) is 19.8 Å². The highest BCUT2D eigenvalue weighted by Crippen LogP contribution is 2.22. The lowest BCUT2D eigenvalue weighted by Crippen LogP contribution is -1.92. The minimum Gasteiger partial charge on any atom is -0.198 e. The van der Waals surface area contributed by atoms with Gasteiger partial charge < -0.3 is 0 Å². The van der Waals surface area contributed by atoms with E-state index < -0.39 is 0 Å². The largest absolute Gasteiger partial charge is 0.198 e. The first kappa shape index (κ1) is 10.6. The molecule has 0 saturated heterocycles. The number of hydrogen-bond acceptors (Lipinski definition) is 2. The van der Waals surface area contributed by atoms with Crippen molar-refractivity contribution in [2.75, 3.05) is 0 Å². The van der Waals surface area contributed by atoms with Crippen LogP contribution in [0.15, 0.2) is 12.1 Å². The van der Waals surface area contributed by atoms with Crippen molar-refractivity contribution >= 4 is 11.6 Å². The number of hydrogen-bond donors (Lipinski definition) is 0. The molecule has 0 fully saturated rings. The van der Waals surface area contributed by atoms with Gasteiger partial charge in [0.25, 0.3) is 0 Å². The van der Waals surface area contributed by atoms with E-state index >= 15 is 0 Å². The molecule has 70 valence electrons. The Kier molecular flexibility index (Phi) is 3.51. The molecule has 14 heavy (non-hydrogen) atoms. The number of nitrogens with zero attached hydrogens (tertiary/aromatic N) is 2. The molecule has 2 nitrogen and oxygen atoms in total. The fourth-order valence-electron chi connectivity index (χ4n) is 1.35. The normalized spacial score (nSPS) is 9.14. The monoisotopic (exact) mass is 204 g/mol. The standard InChI is InChI=1S/C11H9ClN2/c1-2-10-9(7-14)5-8(3-4-13)6-11(10)12/h5-6H,2-3H2,1H3. The van der Waals surface area contributed by atoms with Crippen LogP contribution in [0.5, 0.6) is 0 Å². The minimum atomic E-state index is 0.290. The molecular weight excluding hydrogens is 196 g/mol. The van der Waals surface area contributed by atoms with Crippen LogP contribution in [0.1, 0.15) is 23.6 Å². The summed E-state index contributed by atoms with van der Waals surface area (Å²) in [7, 11) is 0. The lowest BCUT2D eigenvalue weighted by atomic mass is 10.0. The highest BCUT2D eigenvalue weighted by Gasteiger charge is 2.07. The van der Waals surface area contributed by atoms with E-state index in [1.807, 2.05) is 13.0 Å². The van der Waals surface area contributed by atoms with Gasteiger partial charge >= 0.3 is 0 Å². The molecule has 0 atom stereocenters. The summed E-state index contributed by atoms with van der Waals surface area (Å²) in [4.78, 5) is 0. The van der Waals surface area contributed by atoms with Crippen LogP contribution in [0.4, 0.5) is 0 Å². The first-order valence-corrected chi connectivity index (χ1v) is 4.69. The molecule has 0 unspecified atom stereocenters. The quantitative estimate of drug-likeness (QED) is 0.744. The zero-order valence-electron chi connectivity index (χ0n) is 7.84. The summed E-state index contributed by atoms with van der Waals surface area (Å²) >= 11 is 5.99. The van der Waals surface area contributed by atoms with E-state index in [-0.39, 0.29) is 0 Å². The first-order valence-electron chi connectivity index (χ1n) is 4.31. The van der Waals surface area contributed by atoms with Gasteiger partial charge in [-0.05, 0) is 29.7 Å².